The highest BCUT2D eigenvalue weighted by Gasteiger charge is 2.30. The highest BCUT2D eigenvalue weighted by atomic mass is 16.2. The van der Waals surface area contributed by atoms with Gasteiger partial charge in [-0.2, -0.15) is 5.10 Å². The van der Waals surface area contributed by atoms with Crippen molar-refractivity contribution in [1.82, 2.24) is 14.7 Å². The standard InChI is InChI=1S/C24H22N4O3/c29-22-12-13-23(30)27(22)15-16-6-10-18(11-7-16)25-24(31)21-14-20(17-8-9-17)26-28(21)19-4-2-1-3-5-19/h1-7,10-11,14,17H,8-9,12-13,15H2,(H,25,31). The summed E-state index contributed by atoms with van der Waals surface area (Å²) in [6.45, 7) is 0.261. The van der Waals surface area contributed by atoms with E-state index >= 15 is 0 Å². The van der Waals surface area contributed by atoms with Gasteiger partial charge in [0.05, 0.1) is 17.9 Å². The van der Waals surface area contributed by atoms with Gasteiger partial charge in [0.15, 0.2) is 0 Å². The lowest BCUT2D eigenvalue weighted by Gasteiger charge is -2.14. The summed E-state index contributed by atoms with van der Waals surface area (Å²) in [5, 5.41) is 7.61. The molecule has 0 unspecified atom stereocenters. The second-order valence-electron chi connectivity index (χ2n) is 8.00. The van der Waals surface area contributed by atoms with Crippen molar-refractivity contribution >= 4 is 23.4 Å². The molecule has 1 N–H and O–H groups in total. The zero-order chi connectivity index (χ0) is 21.4. The zero-order valence-electron chi connectivity index (χ0n) is 17.0. The molecule has 7 nitrogen and oxygen atoms in total. The van der Waals surface area contributed by atoms with Crippen LogP contribution in [0.3, 0.4) is 0 Å². The third kappa shape index (κ3) is 3.99. The number of imide groups is 1. The van der Waals surface area contributed by atoms with E-state index in [0.717, 1.165) is 29.8 Å². The first-order valence-corrected chi connectivity index (χ1v) is 10.5. The van der Waals surface area contributed by atoms with E-state index in [1.807, 2.05) is 48.5 Å². The fraction of sp³-hybridized carbons (Fsp3) is 0.250. The summed E-state index contributed by atoms with van der Waals surface area (Å²) >= 11 is 0. The number of nitrogens with one attached hydrogen (secondary N) is 1. The lowest BCUT2D eigenvalue weighted by molar-refractivity contribution is -0.139. The minimum absolute atomic E-state index is 0.136. The number of hydrogen-bond acceptors (Lipinski definition) is 4. The van der Waals surface area contributed by atoms with Gasteiger partial charge in [-0.1, -0.05) is 30.3 Å². The first-order chi connectivity index (χ1) is 15.1. The van der Waals surface area contributed by atoms with Gasteiger partial charge in [-0.3, -0.25) is 19.3 Å². The number of amides is 3. The van der Waals surface area contributed by atoms with E-state index in [1.54, 1.807) is 16.8 Å². The lowest BCUT2D eigenvalue weighted by Crippen LogP contribution is -2.28. The van der Waals surface area contributed by atoms with Crippen molar-refractivity contribution in [1.29, 1.82) is 0 Å². The molecule has 31 heavy (non-hydrogen) atoms. The van der Waals surface area contributed by atoms with Crippen LogP contribution in [0.15, 0.2) is 60.7 Å². The first kappa shape index (κ1) is 19.2. The van der Waals surface area contributed by atoms with Gasteiger partial charge in [-0.05, 0) is 48.7 Å². The number of aromatic nitrogens is 2. The van der Waals surface area contributed by atoms with Crippen LogP contribution in [-0.2, 0) is 16.1 Å². The maximum Gasteiger partial charge on any atom is 0.274 e. The third-order valence-corrected chi connectivity index (χ3v) is 5.66. The molecule has 2 aliphatic rings. The minimum atomic E-state index is -0.235. The van der Waals surface area contributed by atoms with Crippen molar-refractivity contribution < 1.29 is 14.4 Å². The molecular formula is C24H22N4O3. The van der Waals surface area contributed by atoms with Crippen LogP contribution in [0.2, 0.25) is 0 Å². The van der Waals surface area contributed by atoms with Crippen LogP contribution in [0.4, 0.5) is 5.69 Å². The second-order valence-corrected chi connectivity index (χ2v) is 8.00. The van der Waals surface area contributed by atoms with E-state index in [4.69, 9.17) is 0 Å². The van der Waals surface area contributed by atoms with Gasteiger partial charge in [0.1, 0.15) is 5.69 Å². The molecule has 3 amide bonds. The highest BCUT2D eigenvalue weighted by Crippen LogP contribution is 2.39. The smallest absolute Gasteiger partial charge is 0.274 e. The SMILES string of the molecule is O=C(Nc1ccc(CN2C(=O)CCC2=O)cc1)c1cc(C2CC2)nn1-c1ccccc1. The summed E-state index contributed by atoms with van der Waals surface area (Å²) in [4.78, 5) is 37.9. The Kier molecular flexibility index (Phi) is 4.86. The topological polar surface area (TPSA) is 84.3 Å². The van der Waals surface area contributed by atoms with E-state index in [2.05, 4.69) is 10.4 Å². The van der Waals surface area contributed by atoms with Gasteiger partial charge >= 0.3 is 0 Å². The normalized spacial score (nSPS) is 16.1. The molecule has 2 heterocycles. The Balaban J connectivity index is 1.33. The minimum Gasteiger partial charge on any atom is -0.321 e. The number of carbonyl (C=O) groups excluding carboxylic acids is 3. The molecule has 0 radical (unpaired) electrons. The number of carbonyl (C=O) groups is 3. The summed E-state index contributed by atoms with van der Waals surface area (Å²) in [5.41, 5.74) is 3.76. The Morgan fingerprint density at radius 1 is 0.968 bits per heavy atom. The molecule has 7 heteroatoms. The predicted molar refractivity (Wildman–Crippen MR) is 115 cm³/mol. The first-order valence-electron chi connectivity index (χ1n) is 10.5. The van der Waals surface area contributed by atoms with Crippen molar-refractivity contribution in [3.63, 3.8) is 0 Å². The van der Waals surface area contributed by atoms with E-state index in [-0.39, 0.29) is 37.1 Å². The molecule has 1 saturated carbocycles. The molecule has 2 aromatic carbocycles. The van der Waals surface area contributed by atoms with E-state index in [0.29, 0.717) is 17.3 Å². The highest BCUT2D eigenvalue weighted by molar-refractivity contribution is 6.03. The Morgan fingerprint density at radius 2 is 1.65 bits per heavy atom. The van der Waals surface area contributed by atoms with Crippen molar-refractivity contribution in [2.24, 2.45) is 0 Å². The van der Waals surface area contributed by atoms with Crippen molar-refractivity contribution in [3.8, 4) is 5.69 Å². The Bertz CT molecular complexity index is 1130. The second kappa shape index (κ2) is 7.83. The van der Waals surface area contributed by atoms with Crippen LogP contribution < -0.4 is 5.32 Å². The molecular weight excluding hydrogens is 392 g/mol. The molecule has 156 valence electrons. The largest absolute Gasteiger partial charge is 0.321 e. The number of para-hydroxylation sites is 1. The molecule has 3 aromatic rings. The van der Waals surface area contributed by atoms with Gasteiger partial charge in [-0.25, -0.2) is 4.68 Å². The van der Waals surface area contributed by atoms with Gasteiger partial charge in [0.25, 0.3) is 5.91 Å². The number of anilines is 1. The van der Waals surface area contributed by atoms with Crippen LogP contribution >= 0.6 is 0 Å². The quantitative estimate of drug-likeness (QED) is 0.624. The summed E-state index contributed by atoms with van der Waals surface area (Å²) in [7, 11) is 0. The zero-order valence-corrected chi connectivity index (χ0v) is 17.0. The van der Waals surface area contributed by atoms with E-state index in [1.165, 1.54) is 4.90 Å². The molecule has 1 aliphatic heterocycles. The third-order valence-electron chi connectivity index (χ3n) is 5.66. The summed E-state index contributed by atoms with van der Waals surface area (Å²) in [6.07, 6.45) is 2.78. The predicted octanol–water partition coefficient (Wildman–Crippen LogP) is 3.65. The molecule has 0 spiro atoms. The summed E-state index contributed by atoms with van der Waals surface area (Å²) < 4.78 is 1.70. The van der Waals surface area contributed by atoms with Crippen LogP contribution in [0.25, 0.3) is 5.69 Å². The van der Waals surface area contributed by atoms with Gasteiger partial charge in [-0.15, -0.1) is 0 Å². The number of benzene rings is 2. The summed E-state index contributed by atoms with van der Waals surface area (Å²) in [6, 6.07) is 18.7. The molecule has 0 bridgehead atoms. The average Bonchev–Trinajstić information content (AvgIpc) is 3.47. The molecule has 1 aliphatic carbocycles. The van der Waals surface area contributed by atoms with Crippen LogP contribution in [0.5, 0.6) is 0 Å². The Hall–Kier alpha value is -3.74. The van der Waals surface area contributed by atoms with Gasteiger partial charge in [0, 0.05) is 24.4 Å². The Labute approximate surface area is 179 Å². The lowest BCUT2D eigenvalue weighted by atomic mass is 10.2. The van der Waals surface area contributed by atoms with Gasteiger partial charge in [0.2, 0.25) is 11.8 Å². The van der Waals surface area contributed by atoms with Crippen LogP contribution in [0.1, 0.15) is 53.3 Å². The van der Waals surface area contributed by atoms with Crippen molar-refractivity contribution in [2.75, 3.05) is 5.32 Å². The van der Waals surface area contributed by atoms with E-state index in [9.17, 15) is 14.4 Å². The maximum atomic E-state index is 13.0. The molecule has 5 rings (SSSR count). The van der Waals surface area contributed by atoms with E-state index < -0.39 is 0 Å². The van der Waals surface area contributed by atoms with Crippen molar-refractivity contribution in [3.05, 3.63) is 77.6 Å². The maximum absolute atomic E-state index is 13.0. The fourth-order valence-corrected chi connectivity index (χ4v) is 3.78. The number of hydrogen-bond donors (Lipinski definition) is 1. The molecule has 0 atom stereocenters. The van der Waals surface area contributed by atoms with Crippen molar-refractivity contribution in [2.45, 2.75) is 38.1 Å². The van der Waals surface area contributed by atoms with Crippen LogP contribution in [-0.4, -0.2) is 32.4 Å². The summed E-state index contributed by atoms with van der Waals surface area (Å²) in [5.74, 6) is -0.0706. The number of nitrogens with zero attached hydrogens (tertiary/aromatic N) is 3. The average molecular weight is 414 g/mol. The Morgan fingerprint density at radius 3 is 2.29 bits per heavy atom. The van der Waals surface area contributed by atoms with Gasteiger partial charge < -0.3 is 5.32 Å². The molecule has 1 saturated heterocycles. The molecule has 1 aromatic heterocycles. The molecule has 2 fully saturated rings. The monoisotopic (exact) mass is 414 g/mol. The number of rotatable bonds is 6. The fourth-order valence-electron chi connectivity index (χ4n) is 3.78. The van der Waals surface area contributed by atoms with Crippen LogP contribution in [0, 0.1) is 0 Å². The number of likely N-dealkylation sites (tertiary alicyclic amines) is 1.